The van der Waals surface area contributed by atoms with Crippen LogP contribution >= 0.6 is 55.1 Å². The molecular formula is C13H8Br2Cl2O6S2. The van der Waals surface area contributed by atoms with Gasteiger partial charge in [-0.2, -0.15) is 16.8 Å². The fourth-order valence-electron chi connectivity index (χ4n) is 2.05. The van der Waals surface area contributed by atoms with Crippen LogP contribution in [-0.4, -0.2) is 25.9 Å². The smallest absolute Gasteiger partial charge is 0.282 e. The van der Waals surface area contributed by atoms with Gasteiger partial charge >= 0.3 is 0 Å². The van der Waals surface area contributed by atoms with Gasteiger partial charge in [0.2, 0.25) is 0 Å². The van der Waals surface area contributed by atoms with Gasteiger partial charge in [0, 0.05) is 15.4 Å². The van der Waals surface area contributed by atoms with Gasteiger partial charge in [0.1, 0.15) is 9.79 Å². The number of hydrogen-bond acceptors (Lipinski definition) is 4. The zero-order chi connectivity index (χ0) is 19.2. The SMILES string of the molecule is O=S(=O)(O)c1ccc(Br)c(Cc2c(Br)ccc(S(=O)(=O)O)c2Cl)c1Cl. The molecule has 0 atom stereocenters. The molecule has 25 heavy (non-hydrogen) atoms. The number of halogens is 4. The van der Waals surface area contributed by atoms with E-state index in [1.54, 1.807) is 0 Å². The van der Waals surface area contributed by atoms with Crippen LogP contribution in [-0.2, 0) is 26.7 Å². The lowest BCUT2D eigenvalue weighted by molar-refractivity contribution is 0.481. The van der Waals surface area contributed by atoms with Crippen LogP contribution in [0.4, 0.5) is 0 Å². The van der Waals surface area contributed by atoms with Gasteiger partial charge in [-0.3, -0.25) is 9.11 Å². The first kappa shape index (κ1) is 21.1. The molecule has 6 nitrogen and oxygen atoms in total. The molecular weight excluding hydrogens is 547 g/mol. The molecule has 2 rings (SSSR count). The van der Waals surface area contributed by atoms with Gasteiger partial charge in [-0.05, 0) is 35.4 Å². The Morgan fingerprint density at radius 1 is 0.760 bits per heavy atom. The van der Waals surface area contributed by atoms with Crippen LogP contribution in [0.25, 0.3) is 0 Å². The van der Waals surface area contributed by atoms with Crippen LogP contribution in [0, 0.1) is 0 Å². The predicted octanol–water partition coefficient (Wildman–Crippen LogP) is 4.60. The highest BCUT2D eigenvalue weighted by Gasteiger charge is 2.23. The van der Waals surface area contributed by atoms with E-state index >= 15 is 0 Å². The van der Waals surface area contributed by atoms with Crippen LogP contribution in [0.3, 0.4) is 0 Å². The highest BCUT2D eigenvalue weighted by atomic mass is 79.9. The van der Waals surface area contributed by atoms with Crippen LogP contribution in [0.2, 0.25) is 10.0 Å². The fraction of sp³-hybridized carbons (Fsp3) is 0.0769. The second kappa shape index (κ2) is 7.43. The molecule has 2 aromatic rings. The second-order valence-corrected chi connectivity index (χ2v) is 10.0. The maximum Gasteiger partial charge on any atom is 0.296 e. The zero-order valence-corrected chi connectivity index (χ0v) is 18.2. The minimum absolute atomic E-state index is 0.0778. The molecule has 0 fully saturated rings. The highest BCUT2D eigenvalue weighted by molar-refractivity contribution is 9.10. The lowest BCUT2D eigenvalue weighted by atomic mass is 10.0. The van der Waals surface area contributed by atoms with Gasteiger partial charge < -0.3 is 0 Å². The van der Waals surface area contributed by atoms with Crippen molar-refractivity contribution in [3.05, 3.63) is 54.4 Å². The molecule has 0 unspecified atom stereocenters. The Morgan fingerprint density at radius 3 is 1.36 bits per heavy atom. The molecule has 0 bridgehead atoms. The Kier molecular flexibility index (Phi) is 6.27. The third-order valence-corrected chi connectivity index (χ3v) is 7.58. The molecule has 0 saturated heterocycles. The minimum Gasteiger partial charge on any atom is -0.282 e. The van der Waals surface area contributed by atoms with Gasteiger partial charge in [0.15, 0.2) is 0 Å². The molecule has 0 aliphatic carbocycles. The lowest BCUT2D eigenvalue weighted by Gasteiger charge is -2.14. The number of benzene rings is 2. The first-order chi connectivity index (χ1) is 11.3. The Morgan fingerprint density at radius 2 is 1.08 bits per heavy atom. The summed E-state index contributed by atoms with van der Waals surface area (Å²) >= 11 is 18.6. The van der Waals surface area contributed by atoms with Crippen molar-refractivity contribution >= 4 is 75.3 Å². The van der Waals surface area contributed by atoms with Crippen molar-refractivity contribution in [2.24, 2.45) is 0 Å². The molecule has 0 radical (unpaired) electrons. The van der Waals surface area contributed by atoms with Crippen LogP contribution in [0.5, 0.6) is 0 Å². The minimum atomic E-state index is -4.55. The zero-order valence-electron chi connectivity index (χ0n) is 11.9. The predicted molar refractivity (Wildman–Crippen MR) is 101 cm³/mol. The van der Waals surface area contributed by atoms with E-state index in [9.17, 15) is 25.9 Å². The van der Waals surface area contributed by atoms with Crippen molar-refractivity contribution in [1.29, 1.82) is 0 Å². The van der Waals surface area contributed by atoms with E-state index in [4.69, 9.17) is 23.2 Å². The molecule has 136 valence electrons. The summed E-state index contributed by atoms with van der Waals surface area (Å²) in [5.74, 6) is 0. The normalized spacial score (nSPS) is 12.4. The van der Waals surface area contributed by atoms with Crippen molar-refractivity contribution < 1.29 is 25.9 Å². The van der Waals surface area contributed by atoms with Gasteiger partial charge in [0.25, 0.3) is 20.2 Å². The monoisotopic (exact) mass is 552 g/mol. The summed E-state index contributed by atoms with van der Waals surface area (Å²) in [6.07, 6.45) is -0.0778. The Labute approximate surface area is 170 Å². The van der Waals surface area contributed by atoms with Gasteiger partial charge in [-0.25, -0.2) is 0 Å². The summed E-state index contributed by atoms with van der Waals surface area (Å²) in [5, 5.41) is -0.478. The fourth-order valence-corrected chi connectivity index (χ4v) is 5.45. The third-order valence-electron chi connectivity index (χ3n) is 3.21. The molecule has 0 saturated carbocycles. The largest absolute Gasteiger partial charge is 0.296 e. The Hall–Kier alpha value is -0.200. The van der Waals surface area contributed by atoms with Crippen LogP contribution in [0.15, 0.2) is 43.0 Å². The number of rotatable bonds is 4. The highest BCUT2D eigenvalue weighted by Crippen LogP contribution is 2.38. The first-order valence-corrected chi connectivity index (χ1v) is 11.4. The van der Waals surface area contributed by atoms with E-state index in [1.807, 2.05) is 0 Å². The summed E-state index contributed by atoms with van der Waals surface area (Å²) in [7, 11) is -9.10. The third kappa shape index (κ3) is 4.56. The second-order valence-electron chi connectivity index (χ2n) is 4.80. The maximum atomic E-state index is 11.4. The summed E-state index contributed by atoms with van der Waals surface area (Å²) in [4.78, 5) is -0.990. The van der Waals surface area contributed by atoms with E-state index in [0.29, 0.717) is 8.95 Å². The molecule has 2 N–H and O–H groups in total. The Bertz CT molecular complexity index is 983. The van der Waals surface area contributed by atoms with Gasteiger partial charge in [-0.15, -0.1) is 0 Å². The average molecular weight is 555 g/mol. The molecule has 0 aliphatic heterocycles. The topological polar surface area (TPSA) is 109 Å². The van der Waals surface area contributed by atoms with Gasteiger partial charge in [0.05, 0.1) is 10.0 Å². The lowest BCUT2D eigenvalue weighted by Crippen LogP contribution is -2.05. The average Bonchev–Trinajstić information content (AvgIpc) is 2.43. The van der Waals surface area contributed by atoms with Crippen LogP contribution in [0.1, 0.15) is 11.1 Å². The summed E-state index contributed by atoms with van der Waals surface area (Å²) < 4.78 is 64.9. The van der Waals surface area contributed by atoms with Crippen molar-refractivity contribution in [2.75, 3.05) is 0 Å². The van der Waals surface area contributed by atoms with Crippen molar-refractivity contribution in [1.82, 2.24) is 0 Å². The summed E-state index contributed by atoms with van der Waals surface area (Å²) in [5.41, 5.74) is 0.513. The molecule has 0 aromatic heterocycles. The summed E-state index contributed by atoms with van der Waals surface area (Å²) in [6, 6.07) is 4.99. The van der Waals surface area contributed by atoms with Crippen molar-refractivity contribution in [3.8, 4) is 0 Å². The molecule has 0 aliphatic rings. The van der Waals surface area contributed by atoms with E-state index in [2.05, 4.69) is 31.9 Å². The molecule has 0 amide bonds. The quantitative estimate of drug-likeness (QED) is 0.535. The van der Waals surface area contributed by atoms with Crippen LogP contribution < -0.4 is 0 Å². The molecule has 2 aromatic carbocycles. The molecule has 12 heteroatoms. The molecule has 0 spiro atoms. The maximum absolute atomic E-state index is 11.4. The van der Waals surface area contributed by atoms with E-state index < -0.39 is 30.0 Å². The van der Waals surface area contributed by atoms with Gasteiger partial charge in [-0.1, -0.05) is 55.1 Å². The summed E-state index contributed by atoms with van der Waals surface area (Å²) in [6.45, 7) is 0. The number of hydrogen-bond donors (Lipinski definition) is 2. The molecule has 0 heterocycles. The first-order valence-electron chi connectivity index (χ1n) is 6.22. The van der Waals surface area contributed by atoms with E-state index in [-0.39, 0.29) is 27.6 Å². The van der Waals surface area contributed by atoms with E-state index in [0.717, 1.165) is 12.1 Å². The standard InChI is InChI=1S/C13H8Br2Cl2O6S2/c14-8-1-3-10(24(18,19)20)12(16)6(8)5-7-9(15)2-4-11(13(7)17)25(21,22)23/h1-4H,5H2,(H,18,19,20)(H,21,22,23). The van der Waals surface area contributed by atoms with Crippen molar-refractivity contribution in [2.45, 2.75) is 16.2 Å². The van der Waals surface area contributed by atoms with E-state index in [1.165, 1.54) is 12.1 Å². The Balaban J connectivity index is 2.70. The van der Waals surface area contributed by atoms with Crippen molar-refractivity contribution in [3.63, 3.8) is 0 Å².